The number of pyridine rings is 1. The van der Waals surface area contributed by atoms with Crippen LogP contribution in [0.2, 0.25) is 0 Å². The van der Waals surface area contributed by atoms with Crippen LogP contribution in [-0.4, -0.2) is 61.2 Å². The molecule has 3 aromatic heterocycles. The van der Waals surface area contributed by atoms with Gasteiger partial charge in [-0.15, -0.1) is 5.10 Å². The predicted molar refractivity (Wildman–Crippen MR) is 341 cm³/mol. The van der Waals surface area contributed by atoms with E-state index in [1.807, 2.05) is 40.0 Å². The van der Waals surface area contributed by atoms with Gasteiger partial charge in [0.2, 0.25) is 0 Å². The van der Waals surface area contributed by atoms with Crippen LogP contribution < -0.4 is 20.8 Å². The van der Waals surface area contributed by atoms with Crippen LogP contribution >= 0.6 is 22.6 Å². The van der Waals surface area contributed by atoms with Crippen LogP contribution in [0.3, 0.4) is 0 Å². The molecule has 0 radical (unpaired) electrons. The molecule has 13 heteroatoms. The second-order valence-corrected chi connectivity index (χ2v) is 23.1. The molecule has 0 atom stereocenters. The number of hydrogen-bond acceptors (Lipinski definition) is 9. The normalized spacial score (nSPS) is 14.2. The van der Waals surface area contributed by atoms with Gasteiger partial charge < -0.3 is 24.7 Å². The first-order chi connectivity index (χ1) is 40.5. The van der Waals surface area contributed by atoms with Crippen molar-refractivity contribution in [3.05, 3.63) is 305 Å². The van der Waals surface area contributed by atoms with Crippen molar-refractivity contribution in [2.24, 2.45) is 0 Å². The summed E-state index contributed by atoms with van der Waals surface area (Å²) in [7, 11) is -0.460. The number of anilines is 1. The molecule has 0 amide bonds. The third-order valence-electron chi connectivity index (χ3n) is 16.1. The molecular formula is C70H64BIN8O3. The Balaban J connectivity index is 0.843. The standard InChI is InChI=1S/C70H64BIN8O3/c1-67(2)68(3,4)83-71(82-67)59-48-74-79(50-59)49-52-26-24-40-61(46-52)81-60-39-23-25-51(45-60)41-43-73-44-42-63(72)62-47-64(76-69(53-27-11-5-12-28-53,54-29-13-6-14-30-54)55-31-15-7-16-32-55)75-66-65(62)77-78-80(66)70(56-33-17-8-18-34-56,57-35-19-9-20-36-57)58-37-21-10-22-38-58/h5-40,42,45-48,50,73H,41,43-44,49H2,1-4H3,(H,75,76)/b63-42-. The van der Waals surface area contributed by atoms with E-state index in [2.05, 4.69) is 290 Å². The van der Waals surface area contributed by atoms with Gasteiger partial charge in [0.1, 0.15) is 33.9 Å². The Morgan fingerprint density at radius 3 is 1.60 bits per heavy atom. The molecule has 1 fully saturated rings. The Morgan fingerprint density at radius 1 is 0.602 bits per heavy atom. The number of rotatable bonds is 20. The third-order valence-corrected chi connectivity index (χ3v) is 17.1. The molecular weight excluding hydrogens is 1140 g/mol. The van der Waals surface area contributed by atoms with Crippen LogP contribution in [0.1, 0.15) is 77.8 Å². The lowest BCUT2D eigenvalue weighted by Gasteiger charge is -2.38. The van der Waals surface area contributed by atoms with E-state index in [4.69, 9.17) is 29.3 Å². The topological polar surface area (TPSA) is 113 Å². The van der Waals surface area contributed by atoms with Gasteiger partial charge >= 0.3 is 7.12 Å². The Bertz CT molecular complexity index is 3780. The quantitative estimate of drug-likeness (QED) is 0.0333. The summed E-state index contributed by atoms with van der Waals surface area (Å²) in [5.74, 6) is 2.20. The molecule has 0 bridgehead atoms. The Kier molecular flexibility index (Phi) is 15.8. The van der Waals surface area contributed by atoms with Crippen molar-refractivity contribution in [3.8, 4) is 11.5 Å². The van der Waals surface area contributed by atoms with E-state index >= 15 is 0 Å². The number of fused-ring (bicyclic) bond motifs is 1. The number of nitrogens with one attached hydrogen (secondary N) is 2. The van der Waals surface area contributed by atoms with Gasteiger partial charge in [-0.1, -0.05) is 218 Å². The molecule has 2 N–H and O–H groups in total. The fraction of sp³-hybridized carbons (Fsp3) is 0.171. The van der Waals surface area contributed by atoms with Gasteiger partial charge in [0, 0.05) is 33.5 Å². The maximum atomic E-state index is 6.46. The van der Waals surface area contributed by atoms with Crippen molar-refractivity contribution in [1.29, 1.82) is 0 Å². The molecule has 4 heterocycles. The fourth-order valence-corrected chi connectivity index (χ4v) is 11.9. The highest BCUT2D eigenvalue weighted by molar-refractivity contribution is 14.1. The van der Waals surface area contributed by atoms with Gasteiger partial charge in [-0.05, 0) is 138 Å². The van der Waals surface area contributed by atoms with Crippen LogP contribution in [0.5, 0.6) is 11.5 Å². The summed E-state index contributed by atoms with van der Waals surface area (Å²) in [6.07, 6.45) is 6.84. The van der Waals surface area contributed by atoms with Crippen LogP contribution in [0.4, 0.5) is 5.82 Å². The molecule has 1 aliphatic heterocycles. The van der Waals surface area contributed by atoms with Crippen molar-refractivity contribution in [3.63, 3.8) is 0 Å². The molecule has 11 aromatic rings. The highest BCUT2D eigenvalue weighted by Gasteiger charge is 2.52. The second kappa shape index (κ2) is 23.8. The van der Waals surface area contributed by atoms with E-state index in [1.54, 1.807) is 0 Å². The van der Waals surface area contributed by atoms with Crippen molar-refractivity contribution >= 4 is 55.7 Å². The number of hydrogen-bond donors (Lipinski definition) is 2. The highest BCUT2D eigenvalue weighted by atomic mass is 127. The smallest absolute Gasteiger partial charge is 0.457 e. The van der Waals surface area contributed by atoms with Crippen molar-refractivity contribution in [2.75, 3.05) is 18.4 Å². The molecule has 412 valence electrons. The zero-order valence-corrected chi connectivity index (χ0v) is 49.1. The van der Waals surface area contributed by atoms with Crippen LogP contribution in [0.25, 0.3) is 14.7 Å². The lowest BCUT2D eigenvalue weighted by atomic mass is 9.77. The highest BCUT2D eigenvalue weighted by Crippen LogP contribution is 2.45. The largest absolute Gasteiger partial charge is 0.498 e. The molecule has 83 heavy (non-hydrogen) atoms. The monoisotopic (exact) mass is 1200 g/mol. The number of aromatic nitrogens is 6. The van der Waals surface area contributed by atoms with E-state index in [0.29, 0.717) is 30.1 Å². The maximum absolute atomic E-state index is 6.46. The first-order valence-electron chi connectivity index (χ1n) is 28.2. The van der Waals surface area contributed by atoms with Gasteiger partial charge in [-0.2, -0.15) is 5.10 Å². The molecule has 12 rings (SSSR count). The zero-order chi connectivity index (χ0) is 56.9. The summed E-state index contributed by atoms with van der Waals surface area (Å²) in [4.78, 5) is 5.66. The summed E-state index contributed by atoms with van der Waals surface area (Å²) in [5, 5.41) is 22.7. The van der Waals surface area contributed by atoms with Gasteiger partial charge in [0.05, 0.1) is 17.7 Å². The van der Waals surface area contributed by atoms with E-state index in [9.17, 15) is 0 Å². The van der Waals surface area contributed by atoms with Gasteiger partial charge in [-0.3, -0.25) is 4.68 Å². The van der Waals surface area contributed by atoms with Crippen molar-refractivity contribution in [2.45, 2.75) is 62.9 Å². The van der Waals surface area contributed by atoms with Crippen molar-refractivity contribution < 1.29 is 14.0 Å². The molecule has 0 saturated carbocycles. The average molecular weight is 1200 g/mol. The summed E-state index contributed by atoms with van der Waals surface area (Å²) >= 11 is 2.46. The third kappa shape index (κ3) is 11.2. The summed E-state index contributed by atoms with van der Waals surface area (Å²) < 4.78 is 23.9. The molecule has 1 saturated heterocycles. The average Bonchev–Trinajstić information content (AvgIpc) is 4.04. The van der Waals surface area contributed by atoms with E-state index < -0.39 is 29.4 Å². The molecule has 0 unspecified atom stereocenters. The first kappa shape index (κ1) is 55.1. The van der Waals surface area contributed by atoms with E-state index in [-0.39, 0.29) is 0 Å². The van der Waals surface area contributed by atoms with Gasteiger partial charge in [0.15, 0.2) is 5.65 Å². The lowest BCUT2D eigenvalue weighted by Crippen LogP contribution is -2.41. The zero-order valence-electron chi connectivity index (χ0n) is 46.9. The second-order valence-electron chi connectivity index (χ2n) is 22.0. The minimum Gasteiger partial charge on any atom is -0.457 e. The number of benzene rings is 8. The molecule has 0 aliphatic carbocycles. The van der Waals surface area contributed by atoms with Crippen molar-refractivity contribution in [1.82, 2.24) is 35.1 Å². The van der Waals surface area contributed by atoms with Crippen LogP contribution in [0.15, 0.2) is 255 Å². The van der Waals surface area contributed by atoms with E-state index in [0.717, 1.165) is 83.6 Å². The van der Waals surface area contributed by atoms with Gasteiger partial charge in [0.25, 0.3) is 0 Å². The number of nitrogens with zero attached hydrogens (tertiary/aromatic N) is 6. The SMILES string of the molecule is CC1(C)OB(c2cnn(Cc3cccc(Oc4cccc(CCNC/C=C(\I)c5cc(NC(c6ccccc6)(c6ccccc6)c6ccccc6)nc6c5nnn6C(c5ccccc5)(c5ccccc5)c5ccccc5)c4)c3)c2)OC1(C)C. The minimum atomic E-state index is -0.969. The Morgan fingerprint density at radius 2 is 1.08 bits per heavy atom. The lowest BCUT2D eigenvalue weighted by molar-refractivity contribution is 0.00578. The number of halogens is 1. The molecule has 11 nitrogen and oxygen atoms in total. The molecule has 8 aromatic carbocycles. The summed E-state index contributed by atoms with van der Waals surface area (Å²) in [6, 6.07) is 82.2. The summed E-state index contributed by atoms with van der Waals surface area (Å²) in [6.45, 7) is 10.2. The first-order valence-corrected chi connectivity index (χ1v) is 29.3. The van der Waals surface area contributed by atoms with Crippen LogP contribution in [-0.2, 0) is 33.4 Å². The van der Waals surface area contributed by atoms with Crippen LogP contribution in [0, 0.1) is 0 Å². The predicted octanol–water partition coefficient (Wildman–Crippen LogP) is 14.0. The fourth-order valence-electron chi connectivity index (χ4n) is 11.2. The summed E-state index contributed by atoms with van der Waals surface area (Å²) in [5.41, 5.74) is 8.94. The Labute approximate surface area is 499 Å². The molecule has 0 spiro atoms. The molecule has 1 aliphatic rings. The van der Waals surface area contributed by atoms with E-state index in [1.165, 1.54) is 0 Å². The minimum absolute atomic E-state index is 0.419. The number of ether oxygens (including phenoxy) is 1. The van der Waals surface area contributed by atoms with Gasteiger partial charge in [-0.25, -0.2) is 9.67 Å². The Hall–Kier alpha value is -8.47. The maximum Gasteiger partial charge on any atom is 0.498 e.